The van der Waals surface area contributed by atoms with Crippen LogP contribution in [0.15, 0.2) is 66.2 Å². The summed E-state index contributed by atoms with van der Waals surface area (Å²) in [6.07, 6.45) is 3.02. The number of rotatable bonds is 10. The second kappa shape index (κ2) is 13.8. The molecule has 7 heteroatoms. The SMILES string of the molecule is C=CCOc1ccccc1CN=C(NCC)NCCCC(=O)N1Cc2ccccc2C1.I. The van der Waals surface area contributed by atoms with Crippen LogP contribution in [0.3, 0.4) is 0 Å². The molecule has 1 amide bonds. The molecule has 2 aromatic rings. The maximum Gasteiger partial charge on any atom is 0.223 e. The first kappa shape index (κ1) is 25.7. The van der Waals surface area contributed by atoms with Crippen molar-refractivity contribution in [3.63, 3.8) is 0 Å². The van der Waals surface area contributed by atoms with E-state index in [1.54, 1.807) is 6.08 Å². The molecule has 6 nitrogen and oxygen atoms in total. The van der Waals surface area contributed by atoms with E-state index in [0.29, 0.717) is 26.1 Å². The van der Waals surface area contributed by atoms with Crippen LogP contribution in [0.25, 0.3) is 0 Å². The number of carbonyl (C=O) groups is 1. The van der Waals surface area contributed by atoms with E-state index in [-0.39, 0.29) is 29.9 Å². The van der Waals surface area contributed by atoms with E-state index in [1.807, 2.05) is 48.2 Å². The minimum Gasteiger partial charge on any atom is -0.489 e. The molecule has 1 aliphatic rings. The fraction of sp³-hybridized carbons (Fsp3) is 0.360. The number of guanidine groups is 1. The molecular formula is C25H33IN4O2. The summed E-state index contributed by atoms with van der Waals surface area (Å²) in [5, 5.41) is 6.58. The number of ether oxygens (including phenoxy) is 1. The van der Waals surface area contributed by atoms with Gasteiger partial charge in [0.2, 0.25) is 5.91 Å². The molecule has 0 unspecified atom stereocenters. The Bertz CT molecular complexity index is 891. The molecule has 0 radical (unpaired) electrons. The average Bonchev–Trinajstić information content (AvgIpc) is 3.23. The van der Waals surface area contributed by atoms with Gasteiger partial charge in [0.15, 0.2) is 5.96 Å². The molecule has 1 heterocycles. The third-order valence-electron chi connectivity index (χ3n) is 5.13. The van der Waals surface area contributed by atoms with Crippen LogP contribution in [0.4, 0.5) is 0 Å². The molecule has 0 saturated heterocycles. The van der Waals surface area contributed by atoms with Gasteiger partial charge in [0.05, 0.1) is 6.54 Å². The number of amides is 1. The van der Waals surface area contributed by atoms with Gasteiger partial charge in [-0.05, 0) is 30.5 Å². The molecule has 0 atom stereocenters. The van der Waals surface area contributed by atoms with E-state index in [0.717, 1.165) is 43.3 Å². The number of para-hydroxylation sites is 1. The van der Waals surface area contributed by atoms with Gasteiger partial charge in [0, 0.05) is 38.2 Å². The molecule has 0 saturated carbocycles. The highest BCUT2D eigenvalue weighted by Crippen LogP contribution is 2.23. The number of nitrogens with zero attached hydrogens (tertiary/aromatic N) is 2. The van der Waals surface area contributed by atoms with Crippen LogP contribution in [0, 0.1) is 0 Å². The Hall–Kier alpha value is -2.55. The second-order valence-corrected chi connectivity index (χ2v) is 7.45. The van der Waals surface area contributed by atoms with Crippen molar-refractivity contribution in [2.45, 2.75) is 39.4 Å². The summed E-state index contributed by atoms with van der Waals surface area (Å²) in [5.74, 6) is 1.76. The highest BCUT2D eigenvalue weighted by Gasteiger charge is 2.22. The molecule has 0 fully saturated rings. The summed E-state index contributed by atoms with van der Waals surface area (Å²) in [5.41, 5.74) is 3.53. The summed E-state index contributed by atoms with van der Waals surface area (Å²) in [6, 6.07) is 16.1. The minimum absolute atomic E-state index is 0. The number of benzene rings is 2. The van der Waals surface area contributed by atoms with Crippen molar-refractivity contribution in [1.82, 2.24) is 15.5 Å². The van der Waals surface area contributed by atoms with Crippen molar-refractivity contribution < 1.29 is 9.53 Å². The van der Waals surface area contributed by atoms with Gasteiger partial charge in [-0.1, -0.05) is 55.1 Å². The lowest BCUT2D eigenvalue weighted by Gasteiger charge is -2.16. The summed E-state index contributed by atoms with van der Waals surface area (Å²) >= 11 is 0. The van der Waals surface area contributed by atoms with Crippen LogP contribution in [0.5, 0.6) is 5.75 Å². The zero-order chi connectivity index (χ0) is 21.9. The summed E-state index contributed by atoms with van der Waals surface area (Å²) < 4.78 is 5.71. The van der Waals surface area contributed by atoms with Gasteiger partial charge in [0.25, 0.3) is 0 Å². The van der Waals surface area contributed by atoms with E-state index in [2.05, 4.69) is 34.3 Å². The van der Waals surface area contributed by atoms with Crippen LogP contribution in [-0.2, 0) is 24.4 Å². The number of fused-ring (bicyclic) bond motifs is 1. The zero-order valence-electron chi connectivity index (χ0n) is 18.7. The number of aliphatic imine (C=N–C) groups is 1. The van der Waals surface area contributed by atoms with E-state index in [4.69, 9.17) is 4.74 Å². The van der Waals surface area contributed by atoms with Gasteiger partial charge in [-0.2, -0.15) is 0 Å². The number of hydrogen-bond acceptors (Lipinski definition) is 3. The minimum atomic E-state index is 0. The Labute approximate surface area is 208 Å². The molecule has 2 aromatic carbocycles. The van der Waals surface area contributed by atoms with E-state index < -0.39 is 0 Å². The predicted molar refractivity (Wildman–Crippen MR) is 140 cm³/mol. The maximum absolute atomic E-state index is 12.6. The number of halogens is 1. The van der Waals surface area contributed by atoms with Crippen molar-refractivity contribution in [3.05, 3.63) is 77.9 Å². The molecule has 32 heavy (non-hydrogen) atoms. The van der Waals surface area contributed by atoms with Gasteiger partial charge in [-0.15, -0.1) is 24.0 Å². The average molecular weight is 548 g/mol. The molecule has 0 bridgehead atoms. The first-order valence-corrected chi connectivity index (χ1v) is 10.9. The van der Waals surface area contributed by atoms with Gasteiger partial charge in [0.1, 0.15) is 12.4 Å². The standard InChI is InChI=1S/C25H32N4O2.HI/c1-3-16-31-23-13-8-7-10-20(23)17-28-25(26-4-2)27-15-9-14-24(30)29-18-21-11-5-6-12-22(21)19-29;/h3,5-8,10-13H,1,4,9,14-19H2,2H3,(H2,26,27,28);1H. The van der Waals surface area contributed by atoms with Gasteiger partial charge < -0.3 is 20.3 Å². The predicted octanol–water partition coefficient (Wildman–Crippen LogP) is 4.25. The fourth-order valence-corrected chi connectivity index (χ4v) is 3.54. The lowest BCUT2D eigenvalue weighted by molar-refractivity contribution is -0.131. The monoisotopic (exact) mass is 548 g/mol. The second-order valence-electron chi connectivity index (χ2n) is 7.45. The number of hydrogen-bond donors (Lipinski definition) is 2. The molecule has 0 aliphatic carbocycles. The lowest BCUT2D eigenvalue weighted by atomic mass is 10.1. The Kier molecular flexibility index (Phi) is 11.1. The maximum atomic E-state index is 12.6. The van der Waals surface area contributed by atoms with E-state index in [9.17, 15) is 4.79 Å². The van der Waals surface area contributed by atoms with E-state index >= 15 is 0 Å². The van der Waals surface area contributed by atoms with Crippen LogP contribution in [0.1, 0.15) is 36.5 Å². The Morgan fingerprint density at radius 3 is 2.50 bits per heavy atom. The zero-order valence-corrected chi connectivity index (χ0v) is 21.0. The highest BCUT2D eigenvalue weighted by molar-refractivity contribution is 14.0. The topological polar surface area (TPSA) is 66.0 Å². The van der Waals surface area contributed by atoms with Crippen molar-refractivity contribution >= 4 is 35.8 Å². The normalized spacial score (nSPS) is 12.5. The summed E-state index contributed by atoms with van der Waals surface area (Å²) in [6.45, 7) is 9.60. The van der Waals surface area contributed by atoms with Crippen molar-refractivity contribution in [1.29, 1.82) is 0 Å². The highest BCUT2D eigenvalue weighted by atomic mass is 127. The van der Waals surface area contributed by atoms with Crippen LogP contribution >= 0.6 is 24.0 Å². The Morgan fingerprint density at radius 1 is 1.12 bits per heavy atom. The van der Waals surface area contributed by atoms with Gasteiger partial charge >= 0.3 is 0 Å². The molecule has 0 spiro atoms. The molecule has 1 aliphatic heterocycles. The summed E-state index contributed by atoms with van der Waals surface area (Å²) in [7, 11) is 0. The Balaban J connectivity index is 0.00000363. The first-order chi connectivity index (χ1) is 15.2. The molecule has 0 aromatic heterocycles. The van der Waals surface area contributed by atoms with Crippen LogP contribution < -0.4 is 15.4 Å². The van der Waals surface area contributed by atoms with Crippen LogP contribution in [0.2, 0.25) is 0 Å². The molecular weight excluding hydrogens is 515 g/mol. The Morgan fingerprint density at radius 2 is 1.81 bits per heavy atom. The van der Waals surface area contributed by atoms with Crippen LogP contribution in [-0.4, -0.2) is 36.5 Å². The first-order valence-electron chi connectivity index (χ1n) is 10.9. The molecule has 3 rings (SSSR count). The quantitative estimate of drug-likeness (QED) is 0.153. The lowest BCUT2D eigenvalue weighted by Crippen LogP contribution is -2.38. The van der Waals surface area contributed by atoms with Crippen molar-refractivity contribution in [2.24, 2.45) is 4.99 Å². The largest absolute Gasteiger partial charge is 0.489 e. The third kappa shape index (κ3) is 7.55. The van der Waals surface area contributed by atoms with Gasteiger partial charge in [-0.25, -0.2) is 4.99 Å². The smallest absolute Gasteiger partial charge is 0.223 e. The van der Waals surface area contributed by atoms with Gasteiger partial charge in [-0.3, -0.25) is 4.79 Å². The third-order valence-corrected chi connectivity index (χ3v) is 5.13. The number of nitrogens with one attached hydrogen (secondary N) is 2. The fourth-order valence-electron chi connectivity index (χ4n) is 3.54. The number of carbonyl (C=O) groups excluding carboxylic acids is 1. The molecule has 2 N–H and O–H groups in total. The van der Waals surface area contributed by atoms with E-state index in [1.165, 1.54) is 11.1 Å². The van der Waals surface area contributed by atoms with Crippen molar-refractivity contribution in [2.75, 3.05) is 19.7 Å². The molecule has 172 valence electrons. The summed E-state index contributed by atoms with van der Waals surface area (Å²) in [4.78, 5) is 19.2. The van der Waals surface area contributed by atoms with Crippen molar-refractivity contribution in [3.8, 4) is 5.75 Å².